The van der Waals surface area contributed by atoms with Crippen molar-refractivity contribution in [3.8, 4) is 69.0 Å². The lowest BCUT2D eigenvalue weighted by Crippen LogP contribution is -2.48. The number of carbonyl (C=O) groups is 2. The number of methoxy groups -OCH3 is 6. The average molecular weight is 1830 g/mol. The van der Waals surface area contributed by atoms with Crippen molar-refractivity contribution in [3.05, 3.63) is 140 Å². The number of hydrogen-bond acceptors (Lipinski definition) is 24. The predicted molar refractivity (Wildman–Crippen MR) is 515 cm³/mol. The SMILES string of the molecule is COc1cc2c(cc1O)CCN1C[C@@H](CC(C)C)[C@@H](O)C[C@@H]21.COc1cc2c(cc1O)CCN1C[C@@H](CC(C)C)[C@H](O)C[C@@H]21.COc1cc2c(cc1O)CCN1C[C@H](CC(C)C)[C@@H](O)C[C@H]21.COc1cc2c(cc1O)CCN1C[C@H](CC(C)C)[C@H](O)C[C@H]21.COc1cc2c(cc1O)[C@@H]1CC(=O)[C@@H](CC(C)C)CN1CC2.COc1cc2c(cc1O)[C@H]1CC(=O)[C@H](CC(C)C)CN1CC2. The van der Waals surface area contributed by atoms with Crippen molar-refractivity contribution in [2.75, 3.05) is 121 Å². The molecule has 6 fully saturated rings. The van der Waals surface area contributed by atoms with Gasteiger partial charge in [0, 0.05) is 139 Å². The number of fused-ring (bicyclic) bond motifs is 18. The lowest BCUT2D eigenvalue weighted by molar-refractivity contribution is -0.130. The molecule has 12 heterocycles. The molecule has 12 aliphatic heterocycles. The van der Waals surface area contributed by atoms with Gasteiger partial charge in [0.25, 0.3) is 0 Å². The fraction of sp³-hybridized carbons (Fsp3) is 0.648. The van der Waals surface area contributed by atoms with Gasteiger partial charge in [0.2, 0.25) is 0 Å². The molecule has 10 N–H and O–H groups in total. The summed E-state index contributed by atoms with van der Waals surface area (Å²) in [4.78, 5) is 39.8. The molecule has 12 aliphatic rings. The van der Waals surface area contributed by atoms with E-state index in [9.17, 15) is 60.7 Å². The third kappa shape index (κ3) is 23.7. The van der Waals surface area contributed by atoms with E-state index in [4.69, 9.17) is 28.4 Å². The van der Waals surface area contributed by atoms with Gasteiger partial charge < -0.3 is 79.5 Å². The summed E-state index contributed by atoms with van der Waals surface area (Å²) in [6.45, 7) is 38.0. The maximum absolute atomic E-state index is 12.5. The standard InChI is InChI=1S/2C18H25NO3.4C18H27NO3/c2*1-11(2)6-13-10-19-5-4-12-7-18(22-3)17(21)8-14(12)15(19)9-16(13)20;4*1-11(2)6-13-10-19-5-4-12-7-17(21)18(22-3)8-14(12)15(19)9-16(13)20/h2*7-8,11,13,15,21H,4-6,9-10H2,1-3H3;4*7-8,11,13,15-16,20-21H,4-6,9-10H2,1-3H3/t2*13-,15-;2*13-,15+,16+;2*13-,15+,16-/m101010/s1. The van der Waals surface area contributed by atoms with Crippen LogP contribution in [0.2, 0.25) is 0 Å². The highest BCUT2D eigenvalue weighted by atomic mass is 16.5. The molecule has 6 aromatic carbocycles. The zero-order chi connectivity index (χ0) is 95.1. The highest BCUT2D eigenvalue weighted by Crippen LogP contribution is 2.51. The Morgan fingerprint density at radius 2 is 0.455 bits per heavy atom. The maximum atomic E-state index is 12.5. The Kier molecular flexibility index (Phi) is 34.4. The van der Waals surface area contributed by atoms with E-state index in [0.717, 1.165) is 192 Å². The monoisotopic (exact) mass is 1830 g/mol. The minimum Gasteiger partial charge on any atom is -0.504 e. The minimum absolute atomic E-state index is 0.122. The minimum atomic E-state index is -0.241. The molecule has 6 saturated heterocycles. The molecule has 0 aliphatic carbocycles. The second-order valence-corrected chi connectivity index (χ2v) is 42.7. The van der Waals surface area contributed by atoms with Gasteiger partial charge >= 0.3 is 0 Å². The van der Waals surface area contributed by atoms with Crippen LogP contribution in [0.15, 0.2) is 72.8 Å². The van der Waals surface area contributed by atoms with Crippen molar-refractivity contribution < 1.29 is 89.1 Å². The molecule has 0 bridgehead atoms. The van der Waals surface area contributed by atoms with Gasteiger partial charge in [-0.05, 0) is 301 Å². The maximum Gasteiger partial charge on any atom is 0.160 e. The van der Waals surface area contributed by atoms with Gasteiger partial charge in [0.1, 0.15) is 11.6 Å². The molecule has 0 saturated carbocycles. The first-order chi connectivity index (χ1) is 62.9. The van der Waals surface area contributed by atoms with Crippen LogP contribution in [0.25, 0.3) is 0 Å². The summed E-state index contributed by atoms with van der Waals surface area (Å²) < 4.78 is 31.4. The van der Waals surface area contributed by atoms with Crippen molar-refractivity contribution in [3.63, 3.8) is 0 Å². The number of aromatic hydroxyl groups is 6. The first kappa shape index (κ1) is 101. The first-order valence-electron chi connectivity index (χ1n) is 49.6. The Morgan fingerprint density at radius 1 is 0.265 bits per heavy atom. The molecule has 0 aromatic heterocycles. The van der Waals surface area contributed by atoms with Gasteiger partial charge in [-0.15, -0.1) is 0 Å². The Morgan fingerprint density at radius 3 is 0.667 bits per heavy atom. The van der Waals surface area contributed by atoms with Crippen LogP contribution in [-0.2, 0) is 48.1 Å². The third-order valence-corrected chi connectivity index (χ3v) is 30.6. The smallest absolute Gasteiger partial charge is 0.160 e. The van der Waals surface area contributed by atoms with Crippen LogP contribution in [0, 0.1) is 71.0 Å². The van der Waals surface area contributed by atoms with Gasteiger partial charge in [0.15, 0.2) is 69.0 Å². The van der Waals surface area contributed by atoms with Gasteiger partial charge in [-0.2, -0.15) is 0 Å². The molecule has 6 aromatic rings. The summed E-state index contributed by atoms with van der Waals surface area (Å²) in [5.41, 5.74) is 14.2. The summed E-state index contributed by atoms with van der Waals surface area (Å²) >= 11 is 0. The normalized spacial score (nSPS) is 27.2. The van der Waals surface area contributed by atoms with E-state index in [0.29, 0.717) is 118 Å². The number of phenolic OH excluding ortho intramolecular Hbond substituents is 6. The largest absolute Gasteiger partial charge is 0.504 e. The fourth-order valence-corrected chi connectivity index (χ4v) is 24.3. The number of ether oxygens (including phenoxy) is 6. The molecular formula is C108H158N6O18. The van der Waals surface area contributed by atoms with E-state index in [-0.39, 0.29) is 107 Å². The molecule has 24 nitrogen and oxygen atoms in total. The Hall–Kier alpha value is -8.14. The number of aliphatic hydroxyl groups excluding tert-OH is 4. The third-order valence-electron chi connectivity index (χ3n) is 30.6. The lowest BCUT2D eigenvalue weighted by atomic mass is 9.79. The summed E-state index contributed by atoms with van der Waals surface area (Å²) in [6.07, 6.45) is 15.2. The van der Waals surface area contributed by atoms with Crippen molar-refractivity contribution in [2.45, 2.75) is 259 Å². The molecule has 0 amide bonds. The van der Waals surface area contributed by atoms with Gasteiger partial charge in [-0.1, -0.05) is 83.1 Å². The van der Waals surface area contributed by atoms with E-state index >= 15 is 0 Å². The molecule has 0 spiro atoms. The van der Waals surface area contributed by atoms with Crippen LogP contribution in [0.4, 0.5) is 0 Å². The van der Waals surface area contributed by atoms with Crippen molar-refractivity contribution in [2.24, 2.45) is 71.0 Å². The Balaban J connectivity index is 0.000000135. The lowest BCUT2D eigenvalue weighted by Gasteiger charge is -2.46. The fourth-order valence-electron chi connectivity index (χ4n) is 24.3. The van der Waals surface area contributed by atoms with Crippen LogP contribution >= 0.6 is 0 Å². The molecule has 18 rings (SSSR count). The van der Waals surface area contributed by atoms with Crippen LogP contribution in [0.5, 0.6) is 69.0 Å². The number of benzene rings is 6. The number of rotatable bonds is 18. The Bertz CT molecular complexity index is 4390. The number of ketones is 2. The predicted octanol–water partition coefficient (Wildman–Crippen LogP) is 16.8. The quantitative estimate of drug-likeness (QED) is 0.0382. The number of nitrogens with zero attached hydrogens (tertiary/aromatic N) is 6. The molecule has 0 unspecified atom stereocenters. The summed E-state index contributed by atoms with van der Waals surface area (Å²) in [5, 5.41) is 102. The first-order valence-corrected chi connectivity index (χ1v) is 49.6. The number of hydrogen-bond donors (Lipinski definition) is 10. The van der Waals surface area contributed by atoms with E-state index in [1.165, 1.54) is 55.6 Å². The highest BCUT2D eigenvalue weighted by Gasteiger charge is 2.46. The number of phenols is 6. The molecule has 728 valence electrons. The molecular weight excluding hydrogens is 1670 g/mol. The van der Waals surface area contributed by atoms with E-state index < -0.39 is 0 Å². The van der Waals surface area contributed by atoms with Crippen molar-refractivity contribution in [1.29, 1.82) is 0 Å². The highest BCUT2D eigenvalue weighted by molar-refractivity contribution is 5.84. The Labute approximate surface area is 785 Å². The number of piperidine rings is 6. The second kappa shape index (κ2) is 44.8. The van der Waals surface area contributed by atoms with Crippen LogP contribution in [-0.4, -0.2) is 238 Å². The van der Waals surface area contributed by atoms with Gasteiger partial charge in [0.05, 0.1) is 67.1 Å². The number of aliphatic hydroxyl groups is 4. The van der Waals surface area contributed by atoms with Gasteiger partial charge in [-0.3, -0.25) is 39.0 Å². The topological polar surface area (TPSA) is 311 Å². The van der Waals surface area contributed by atoms with Crippen molar-refractivity contribution in [1.82, 2.24) is 29.4 Å². The number of carbonyl (C=O) groups excluding carboxylic acids is 2. The zero-order valence-electron chi connectivity index (χ0n) is 82.3. The summed E-state index contributed by atoms with van der Waals surface area (Å²) in [7, 11) is 9.45. The molecule has 16 atom stereocenters. The van der Waals surface area contributed by atoms with Crippen LogP contribution in [0.1, 0.15) is 263 Å². The average Bonchev–Trinajstić information content (AvgIpc) is 0.794. The van der Waals surface area contributed by atoms with Crippen LogP contribution in [0.3, 0.4) is 0 Å². The van der Waals surface area contributed by atoms with Crippen molar-refractivity contribution >= 4 is 11.6 Å². The van der Waals surface area contributed by atoms with E-state index in [1.54, 1.807) is 54.8 Å². The van der Waals surface area contributed by atoms with E-state index in [2.05, 4.69) is 112 Å². The molecule has 24 heteroatoms. The zero-order valence-corrected chi connectivity index (χ0v) is 82.3. The summed E-state index contributed by atoms with van der Waals surface area (Å²) in [6, 6.07) is 23.8. The molecule has 0 radical (unpaired) electrons. The van der Waals surface area contributed by atoms with E-state index in [1.807, 2.05) is 60.7 Å². The van der Waals surface area contributed by atoms with Gasteiger partial charge in [-0.25, -0.2) is 0 Å². The summed E-state index contributed by atoms with van der Waals surface area (Å²) in [5.74, 6) is 10.5. The van der Waals surface area contributed by atoms with Crippen LogP contribution < -0.4 is 28.4 Å². The second-order valence-electron chi connectivity index (χ2n) is 42.7. The molecule has 132 heavy (non-hydrogen) atoms. The number of Topliss-reactive ketones (excluding diaryl/α,β-unsaturated/α-hetero) is 2.